The molecule has 2 rings (SSSR count). The second-order valence-electron chi connectivity index (χ2n) is 3.77. The van der Waals surface area contributed by atoms with Crippen LogP contribution in [0.25, 0.3) is 0 Å². The second kappa shape index (κ2) is 5.29. The molecule has 0 amide bonds. The van der Waals surface area contributed by atoms with Crippen LogP contribution in [-0.4, -0.2) is 27.3 Å². The van der Waals surface area contributed by atoms with Crippen molar-refractivity contribution in [1.82, 2.24) is 25.5 Å². The van der Waals surface area contributed by atoms with E-state index < -0.39 is 0 Å². The van der Waals surface area contributed by atoms with E-state index in [1.807, 2.05) is 14.1 Å². The quantitative estimate of drug-likeness (QED) is 0.892. The highest BCUT2D eigenvalue weighted by Gasteiger charge is 2.06. The highest BCUT2D eigenvalue weighted by molar-refractivity contribution is 7.99. The van der Waals surface area contributed by atoms with Crippen LogP contribution >= 0.6 is 11.8 Å². The van der Waals surface area contributed by atoms with Gasteiger partial charge in [-0.2, -0.15) is 0 Å². The predicted octanol–water partition coefficient (Wildman–Crippen LogP) is 1.64. The van der Waals surface area contributed by atoms with E-state index in [-0.39, 0.29) is 0 Å². The minimum atomic E-state index is 0.366. The van der Waals surface area contributed by atoms with Crippen LogP contribution in [0, 0.1) is 0 Å². The number of hydrogen-bond donors (Lipinski definition) is 1. The van der Waals surface area contributed by atoms with Crippen LogP contribution < -0.4 is 5.32 Å². The molecule has 17 heavy (non-hydrogen) atoms. The summed E-state index contributed by atoms with van der Waals surface area (Å²) in [6.45, 7) is 2.13. The van der Waals surface area contributed by atoms with Gasteiger partial charge in [0.05, 0.1) is 0 Å². The number of aromatic nitrogens is 4. The lowest BCUT2D eigenvalue weighted by atomic mass is 10.1. The molecule has 0 aliphatic rings. The van der Waals surface area contributed by atoms with Gasteiger partial charge in [-0.1, -0.05) is 12.1 Å². The number of aryl methyl sites for hydroxylation is 1. The summed E-state index contributed by atoms with van der Waals surface area (Å²) in [7, 11) is 3.79. The smallest absolute Gasteiger partial charge is 0.213 e. The van der Waals surface area contributed by atoms with Gasteiger partial charge < -0.3 is 5.32 Å². The van der Waals surface area contributed by atoms with Crippen molar-refractivity contribution in [2.45, 2.75) is 23.0 Å². The number of nitrogens with one attached hydrogen (secondary N) is 1. The number of hydrogen-bond acceptors (Lipinski definition) is 5. The number of nitrogens with zero attached hydrogens (tertiary/aromatic N) is 4. The molecule has 0 saturated heterocycles. The van der Waals surface area contributed by atoms with Crippen molar-refractivity contribution in [2.24, 2.45) is 7.05 Å². The zero-order chi connectivity index (χ0) is 12.3. The first-order valence-corrected chi connectivity index (χ1v) is 6.20. The molecule has 1 aromatic heterocycles. The largest absolute Gasteiger partial charge is 0.313 e. The lowest BCUT2D eigenvalue weighted by Gasteiger charge is -2.10. The van der Waals surface area contributed by atoms with E-state index in [0.717, 1.165) is 10.1 Å². The Bertz CT molecular complexity index is 479. The normalized spacial score (nSPS) is 12.6. The fraction of sp³-hybridized carbons (Fsp3) is 0.364. The van der Waals surface area contributed by atoms with Crippen molar-refractivity contribution in [2.75, 3.05) is 7.05 Å². The first-order chi connectivity index (χ1) is 8.20. The van der Waals surface area contributed by atoms with Crippen molar-refractivity contribution in [3.8, 4) is 0 Å². The van der Waals surface area contributed by atoms with Crippen molar-refractivity contribution >= 4 is 11.8 Å². The topological polar surface area (TPSA) is 55.6 Å². The SMILES string of the molecule is CNC(C)c1ccc(Sc2nnnn2C)cc1. The van der Waals surface area contributed by atoms with E-state index in [1.165, 1.54) is 5.56 Å². The van der Waals surface area contributed by atoms with Crippen LogP contribution in [0.1, 0.15) is 18.5 Å². The molecule has 5 nitrogen and oxygen atoms in total. The van der Waals surface area contributed by atoms with Crippen molar-refractivity contribution in [1.29, 1.82) is 0 Å². The van der Waals surface area contributed by atoms with E-state index in [0.29, 0.717) is 6.04 Å². The van der Waals surface area contributed by atoms with E-state index in [4.69, 9.17) is 0 Å². The third-order valence-corrected chi connectivity index (χ3v) is 3.64. The molecule has 1 atom stereocenters. The van der Waals surface area contributed by atoms with Gasteiger partial charge in [0, 0.05) is 18.0 Å². The van der Waals surface area contributed by atoms with E-state index in [1.54, 1.807) is 16.4 Å². The van der Waals surface area contributed by atoms with Crippen LogP contribution in [0.15, 0.2) is 34.3 Å². The molecule has 90 valence electrons. The van der Waals surface area contributed by atoms with Gasteiger partial charge in [-0.25, -0.2) is 4.68 Å². The van der Waals surface area contributed by atoms with E-state index in [2.05, 4.69) is 52.0 Å². The predicted molar refractivity (Wildman–Crippen MR) is 66.8 cm³/mol. The summed E-state index contributed by atoms with van der Waals surface area (Å²) in [5.74, 6) is 0. The molecule has 1 aromatic carbocycles. The van der Waals surface area contributed by atoms with E-state index in [9.17, 15) is 0 Å². The summed E-state index contributed by atoms with van der Waals surface area (Å²) in [6.07, 6.45) is 0. The molecule has 0 aliphatic carbocycles. The Morgan fingerprint density at radius 1 is 1.29 bits per heavy atom. The molecule has 1 N–H and O–H groups in total. The summed E-state index contributed by atoms with van der Waals surface area (Å²) in [6, 6.07) is 8.77. The van der Waals surface area contributed by atoms with E-state index >= 15 is 0 Å². The van der Waals surface area contributed by atoms with Gasteiger partial charge >= 0.3 is 0 Å². The van der Waals surface area contributed by atoms with Gasteiger partial charge in [-0.05, 0) is 53.9 Å². The summed E-state index contributed by atoms with van der Waals surface area (Å²) in [5, 5.41) is 15.3. The molecule has 0 fully saturated rings. The van der Waals surface area contributed by atoms with Gasteiger partial charge in [0.2, 0.25) is 5.16 Å². The Hall–Kier alpha value is -1.40. The minimum Gasteiger partial charge on any atom is -0.313 e. The van der Waals surface area contributed by atoms with Crippen LogP contribution in [0.2, 0.25) is 0 Å². The lowest BCUT2D eigenvalue weighted by molar-refractivity contribution is 0.651. The molecule has 1 heterocycles. The lowest BCUT2D eigenvalue weighted by Crippen LogP contribution is -2.11. The number of benzene rings is 1. The van der Waals surface area contributed by atoms with Gasteiger partial charge in [-0.15, -0.1) is 5.10 Å². The molecule has 6 heteroatoms. The molecule has 0 bridgehead atoms. The maximum Gasteiger partial charge on any atom is 0.213 e. The third-order valence-electron chi connectivity index (χ3n) is 2.60. The fourth-order valence-corrected chi connectivity index (χ4v) is 2.13. The standard InChI is InChI=1S/C11H15N5S/c1-8(12-2)9-4-6-10(7-5-9)17-11-13-14-15-16(11)3/h4-8,12H,1-3H3. The summed E-state index contributed by atoms with van der Waals surface area (Å²) < 4.78 is 1.66. The number of tetrazole rings is 1. The van der Waals surface area contributed by atoms with Crippen LogP contribution in [-0.2, 0) is 7.05 Å². The molecule has 0 aliphatic heterocycles. The molecule has 2 aromatic rings. The Balaban J connectivity index is 2.11. The molecular weight excluding hydrogens is 234 g/mol. The van der Waals surface area contributed by atoms with Crippen molar-refractivity contribution in [3.05, 3.63) is 29.8 Å². The Kier molecular flexibility index (Phi) is 3.75. The van der Waals surface area contributed by atoms with Gasteiger partial charge in [0.1, 0.15) is 0 Å². The first kappa shape index (κ1) is 12.1. The molecule has 1 unspecified atom stereocenters. The third kappa shape index (κ3) is 2.83. The average molecular weight is 249 g/mol. The second-order valence-corrected chi connectivity index (χ2v) is 4.81. The van der Waals surface area contributed by atoms with Crippen molar-refractivity contribution < 1.29 is 0 Å². The minimum absolute atomic E-state index is 0.366. The van der Waals surface area contributed by atoms with Crippen LogP contribution in [0.5, 0.6) is 0 Å². The molecule has 0 saturated carbocycles. The highest BCUT2D eigenvalue weighted by atomic mass is 32.2. The van der Waals surface area contributed by atoms with Gasteiger partial charge in [0.25, 0.3) is 0 Å². The number of rotatable bonds is 4. The average Bonchev–Trinajstić information content (AvgIpc) is 2.75. The zero-order valence-corrected chi connectivity index (χ0v) is 10.9. The monoisotopic (exact) mass is 249 g/mol. The molecule has 0 radical (unpaired) electrons. The summed E-state index contributed by atoms with van der Waals surface area (Å²) in [4.78, 5) is 1.13. The first-order valence-electron chi connectivity index (χ1n) is 5.38. The van der Waals surface area contributed by atoms with Crippen LogP contribution in [0.3, 0.4) is 0 Å². The van der Waals surface area contributed by atoms with Crippen LogP contribution in [0.4, 0.5) is 0 Å². The highest BCUT2D eigenvalue weighted by Crippen LogP contribution is 2.25. The molecular formula is C11H15N5S. The summed E-state index contributed by atoms with van der Waals surface area (Å²) in [5.41, 5.74) is 1.27. The zero-order valence-electron chi connectivity index (χ0n) is 10.1. The maximum atomic E-state index is 3.94. The Labute approximate surface area is 105 Å². The fourth-order valence-electron chi connectivity index (χ4n) is 1.40. The molecule has 0 spiro atoms. The Morgan fingerprint density at radius 2 is 2.00 bits per heavy atom. The van der Waals surface area contributed by atoms with Gasteiger partial charge in [0.15, 0.2) is 0 Å². The van der Waals surface area contributed by atoms with Crippen molar-refractivity contribution in [3.63, 3.8) is 0 Å². The van der Waals surface area contributed by atoms with Gasteiger partial charge in [-0.3, -0.25) is 0 Å². The summed E-state index contributed by atoms with van der Waals surface area (Å²) >= 11 is 1.56. The Morgan fingerprint density at radius 3 is 2.53 bits per heavy atom. The maximum absolute atomic E-state index is 3.94.